The van der Waals surface area contributed by atoms with Crippen molar-refractivity contribution in [3.8, 4) is 0 Å². The van der Waals surface area contributed by atoms with Crippen LogP contribution in [-0.4, -0.2) is 35.8 Å². The van der Waals surface area contributed by atoms with Crippen LogP contribution in [-0.2, 0) is 4.74 Å². The molecule has 0 aromatic carbocycles. The molecule has 1 rings (SSSR count). The van der Waals surface area contributed by atoms with Gasteiger partial charge in [-0.15, -0.1) is 0 Å². The Labute approximate surface area is 109 Å². The molecular weight excluding hydrogens is 228 g/mol. The van der Waals surface area contributed by atoms with E-state index in [2.05, 4.69) is 27.5 Å². The van der Waals surface area contributed by atoms with Crippen molar-refractivity contribution < 1.29 is 4.74 Å². The molecule has 1 aromatic rings. The van der Waals surface area contributed by atoms with Crippen LogP contribution < -0.4 is 10.6 Å². The number of nitrogens with one attached hydrogen (secondary N) is 2. The second kappa shape index (κ2) is 6.00. The van der Waals surface area contributed by atoms with Crippen molar-refractivity contribution in [2.75, 3.05) is 30.8 Å². The first-order chi connectivity index (χ1) is 8.39. The highest BCUT2D eigenvalue weighted by Gasteiger charge is 2.17. The van der Waals surface area contributed by atoms with Gasteiger partial charge in [0.25, 0.3) is 0 Å². The van der Waals surface area contributed by atoms with Gasteiger partial charge in [-0.1, -0.05) is 0 Å². The van der Waals surface area contributed by atoms with Crippen LogP contribution in [0.1, 0.15) is 32.2 Å². The Hall–Kier alpha value is -1.36. The first kappa shape index (κ1) is 14.7. The Kier molecular flexibility index (Phi) is 4.90. The molecular formula is C13H24N4O. The van der Waals surface area contributed by atoms with E-state index in [1.54, 1.807) is 7.11 Å². The van der Waals surface area contributed by atoms with Gasteiger partial charge < -0.3 is 15.4 Å². The zero-order chi connectivity index (χ0) is 13.8. The highest BCUT2D eigenvalue weighted by molar-refractivity contribution is 5.57. The van der Waals surface area contributed by atoms with Crippen molar-refractivity contribution in [2.24, 2.45) is 0 Å². The average Bonchev–Trinajstić information content (AvgIpc) is 2.32. The van der Waals surface area contributed by atoms with Crippen LogP contribution in [0.25, 0.3) is 0 Å². The van der Waals surface area contributed by atoms with Gasteiger partial charge in [0.1, 0.15) is 17.5 Å². The second-order valence-electron chi connectivity index (χ2n) is 4.94. The third-order valence-electron chi connectivity index (χ3n) is 2.84. The Morgan fingerprint density at radius 2 is 1.67 bits per heavy atom. The number of ether oxygens (including phenoxy) is 1. The lowest BCUT2D eigenvalue weighted by Gasteiger charge is -2.24. The van der Waals surface area contributed by atoms with Crippen LogP contribution in [0.2, 0.25) is 0 Å². The van der Waals surface area contributed by atoms with E-state index >= 15 is 0 Å². The van der Waals surface area contributed by atoms with Gasteiger partial charge in [0.15, 0.2) is 0 Å². The van der Waals surface area contributed by atoms with Crippen LogP contribution in [0.5, 0.6) is 0 Å². The van der Waals surface area contributed by atoms with Crippen LogP contribution >= 0.6 is 0 Å². The number of rotatable bonds is 6. The van der Waals surface area contributed by atoms with Gasteiger partial charge in [0.2, 0.25) is 0 Å². The minimum Gasteiger partial charge on any atom is -0.377 e. The van der Waals surface area contributed by atoms with Crippen LogP contribution in [0.15, 0.2) is 0 Å². The van der Waals surface area contributed by atoms with E-state index in [1.165, 1.54) is 0 Å². The summed E-state index contributed by atoms with van der Waals surface area (Å²) in [6, 6.07) is 0. The summed E-state index contributed by atoms with van der Waals surface area (Å²) in [6.45, 7) is 11.6. The van der Waals surface area contributed by atoms with Gasteiger partial charge in [0, 0.05) is 25.8 Å². The van der Waals surface area contributed by atoms with Crippen LogP contribution in [0, 0.1) is 13.8 Å². The summed E-state index contributed by atoms with van der Waals surface area (Å²) >= 11 is 0. The molecule has 0 fully saturated rings. The summed E-state index contributed by atoms with van der Waals surface area (Å²) in [5.74, 6) is 2.51. The van der Waals surface area contributed by atoms with Crippen molar-refractivity contribution in [3.05, 3.63) is 11.4 Å². The van der Waals surface area contributed by atoms with Crippen molar-refractivity contribution in [1.82, 2.24) is 9.97 Å². The summed E-state index contributed by atoms with van der Waals surface area (Å²) in [7, 11) is 1.71. The third kappa shape index (κ3) is 3.84. The van der Waals surface area contributed by atoms with E-state index in [1.807, 2.05) is 27.7 Å². The molecule has 102 valence electrons. The maximum absolute atomic E-state index is 5.39. The number of anilines is 2. The van der Waals surface area contributed by atoms with Gasteiger partial charge in [-0.25, -0.2) is 9.97 Å². The van der Waals surface area contributed by atoms with E-state index in [9.17, 15) is 0 Å². The Morgan fingerprint density at radius 1 is 1.11 bits per heavy atom. The standard InChI is InChI=1S/C13H24N4O/c1-7-14-11-9(2)12(17-10(3)16-11)15-8-13(4,5)18-6/h7-8H2,1-6H3,(H2,14,15,16,17). The Balaban J connectivity index is 2.88. The van der Waals surface area contributed by atoms with E-state index < -0.39 is 0 Å². The number of aryl methyl sites for hydroxylation is 1. The minimum atomic E-state index is -0.219. The lowest BCUT2D eigenvalue weighted by Crippen LogP contribution is -2.32. The topological polar surface area (TPSA) is 59.1 Å². The quantitative estimate of drug-likeness (QED) is 0.814. The molecule has 0 radical (unpaired) electrons. The molecule has 1 aromatic heterocycles. The molecule has 0 bridgehead atoms. The van der Waals surface area contributed by atoms with Crippen LogP contribution in [0.4, 0.5) is 11.6 Å². The van der Waals surface area contributed by atoms with E-state index in [4.69, 9.17) is 4.74 Å². The van der Waals surface area contributed by atoms with Crippen molar-refractivity contribution in [2.45, 2.75) is 40.2 Å². The lowest BCUT2D eigenvalue weighted by atomic mass is 10.1. The van der Waals surface area contributed by atoms with E-state index in [0.717, 1.165) is 29.6 Å². The molecule has 0 saturated carbocycles. The van der Waals surface area contributed by atoms with Gasteiger partial charge >= 0.3 is 0 Å². The molecule has 0 aliphatic carbocycles. The largest absolute Gasteiger partial charge is 0.377 e. The van der Waals surface area contributed by atoms with E-state index in [-0.39, 0.29) is 5.60 Å². The SMILES string of the molecule is CCNc1nc(C)nc(NCC(C)(C)OC)c1C. The fourth-order valence-electron chi connectivity index (χ4n) is 1.51. The number of hydrogen-bond acceptors (Lipinski definition) is 5. The molecule has 0 spiro atoms. The predicted molar refractivity (Wildman–Crippen MR) is 75.2 cm³/mol. The maximum atomic E-state index is 5.39. The number of methoxy groups -OCH3 is 1. The van der Waals surface area contributed by atoms with Crippen LogP contribution in [0.3, 0.4) is 0 Å². The maximum Gasteiger partial charge on any atom is 0.134 e. The molecule has 0 aliphatic rings. The smallest absolute Gasteiger partial charge is 0.134 e. The first-order valence-electron chi connectivity index (χ1n) is 6.27. The predicted octanol–water partition coefficient (Wildman–Crippen LogP) is 2.36. The first-order valence-corrected chi connectivity index (χ1v) is 6.27. The van der Waals surface area contributed by atoms with E-state index in [0.29, 0.717) is 6.54 Å². The Morgan fingerprint density at radius 3 is 2.17 bits per heavy atom. The molecule has 18 heavy (non-hydrogen) atoms. The second-order valence-corrected chi connectivity index (χ2v) is 4.94. The normalized spacial score (nSPS) is 11.4. The van der Waals surface area contributed by atoms with Gasteiger partial charge in [-0.05, 0) is 34.6 Å². The highest BCUT2D eigenvalue weighted by Crippen LogP contribution is 2.20. The number of nitrogens with zero attached hydrogens (tertiary/aromatic N) is 2. The summed E-state index contributed by atoms with van der Waals surface area (Å²) < 4.78 is 5.39. The Bertz CT molecular complexity index is 404. The summed E-state index contributed by atoms with van der Waals surface area (Å²) in [5, 5.41) is 6.57. The molecule has 0 atom stereocenters. The zero-order valence-electron chi connectivity index (χ0n) is 12.2. The van der Waals surface area contributed by atoms with Gasteiger partial charge in [-0.2, -0.15) is 0 Å². The van der Waals surface area contributed by atoms with Gasteiger partial charge in [-0.3, -0.25) is 0 Å². The molecule has 0 amide bonds. The third-order valence-corrected chi connectivity index (χ3v) is 2.84. The fraction of sp³-hybridized carbons (Fsp3) is 0.692. The number of hydrogen-bond donors (Lipinski definition) is 2. The molecule has 0 aliphatic heterocycles. The molecule has 1 heterocycles. The summed E-state index contributed by atoms with van der Waals surface area (Å²) in [5.41, 5.74) is 0.818. The average molecular weight is 252 g/mol. The van der Waals surface area contributed by atoms with Crippen molar-refractivity contribution >= 4 is 11.6 Å². The summed E-state index contributed by atoms with van der Waals surface area (Å²) in [4.78, 5) is 8.83. The molecule has 5 heteroatoms. The summed E-state index contributed by atoms with van der Waals surface area (Å²) in [6.07, 6.45) is 0. The van der Waals surface area contributed by atoms with Crippen molar-refractivity contribution in [1.29, 1.82) is 0 Å². The van der Waals surface area contributed by atoms with Crippen molar-refractivity contribution in [3.63, 3.8) is 0 Å². The lowest BCUT2D eigenvalue weighted by molar-refractivity contribution is 0.0343. The monoisotopic (exact) mass is 252 g/mol. The number of aromatic nitrogens is 2. The molecule has 2 N–H and O–H groups in total. The fourth-order valence-corrected chi connectivity index (χ4v) is 1.51. The minimum absolute atomic E-state index is 0.219. The molecule has 0 unspecified atom stereocenters. The highest BCUT2D eigenvalue weighted by atomic mass is 16.5. The molecule has 5 nitrogen and oxygen atoms in total. The van der Waals surface area contributed by atoms with Gasteiger partial charge in [0.05, 0.1) is 5.60 Å². The zero-order valence-corrected chi connectivity index (χ0v) is 12.2. The molecule has 0 saturated heterocycles.